The molecular formula is C24H22N6OS. The van der Waals surface area contributed by atoms with Gasteiger partial charge in [0.25, 0.3) is 0 Å². The normalized spacial score (nSPS) is 12.2. The molecule has 0 aliphatic heterocycles. The van der Waals surface area contributed by atoms with Crippen molar-refractivity contribution < 1.29 is 4.52 Å². The SMILES string of the molecule is Cc1cc(-c2csc3c(NCC(N)Cc4ccccc4)nc(-c4ccncc4)nc23)no1. The van der Waals surface area contributed by atoms with Crippen LogP contribution in [-0.2, 0) is 6.42 Å². The topological polar surface area (TPSA) is 103 Å². The van der Waals surface area contributed by atoms with E-state index in [9.17, 15) is 0 Å². The van der Waals surface area contributed by atoms with Gasteiger partial charge in [0.05, 0.1) is 10.2 Å². The maximum absolute atomic E-state index is 6.41. The van der Waals surface area contributed by atoms with Crippen LogP contribution in [0, 0.1) is 6.92 Å². The van der Waals surface area contributed by atoms with E-state index >= 15 is 0 Å². The number of anilines is 1. The van der Waals surface area contributed by atoms with Crippen molar-refractivity contribution in [3.63, 3.8) is 0 Å². The number of hydrogen-bond acceptors (Lipinski definition) is 8. The zero-order chi connectivity index (χ0) is 21.9. The van der Waals surface area contributed by atoms with E-state index in [0.29, 0.717) is 12.4 Å². The van der Waals surface area contributed by atoms with Crippen LogP contribution in [0.2, 0.25) is 0 Å². The first-order valence-corrected chi connectivity index (χ1v) is 11.2. The summed E-state index contributed by atoms with van der Waals surface area (Å²) in [6.45, 7) is 2.47. The van der Waals surface area contributed by atoms with Gasteiger partial charge in [-0.1, -0.05) is 35.5 Å². The predicted molar refractivity (Wildman–Crippen MR) is 127 cm³/mol. The first-order valence-electron chi connectivity index (χ1n) is 10.3. The molecule has 5 aromatic rings. The summed E-state index contributed by atoms with van der Waals surface area (Å²) in [6, 6.07) is 15.9. The van der Waals surface area contributed by atoms with Crippen molar-refractivity contribution >= 4 is 27.4 Å². The van der Waals surface area contributed by atoms with Gasteiger partial charge in [0.1, 0.15) is 17.3 Å². The maximum Gasteiger partial charge on any atom is 0.162 e. The van der Waals surface area contributed by atoms with Crippen LogP contribution in [0.5, 0.6) is 0 Å². The fourth-order valence-corrected chi connectivity index (χ4v) is 4.52. The van der Waals surface area contributed by atoms with Crippen LogP contribution in [0.15, 0.2) is 70.8 Å². The molecule has 0 aliphatic carbocycles. The molecule has 7 nitrogen and oxygen atoms in total. The molecular weight excluding hydrogens is 420 g/mol. The number of nitrogens with two attached hydrogens (primary N) is 1. The molecule has 3 N–H and O–H groups in total. The fourth-order valence-electron chi connectivity index (χ4n) is 3.56. The lowest BCUT2D eigenvalue weighted by molar-refractivity contribution is 0.400. The molecule has 0 fully saturated rings. The lowest BCUT2D eigenvalue weighted by Gasteiger charge is -2.14. The third kappa shape index (κ3) is 4.23. The van der Waals surface area contributed by atoms with Gasteiger partial charge < -0.3 is 15.6 Å². The number of nitrogens with one attached hydrogen (secondary N) is 1. The number of nitrogens with zero attached hydrogens (tertiary/aromatic N) is 4. The highest BCUT2D eigenvalue weighted by Crippen LogP contribution is 2.37. The highest BCUT2D eigenvalue weighted by atomic mass is 32.1. The third-order valence-electron chi connectivity index (χ3n) is 5.13. The van der Waals surface area contributed by atoms with Gasteiger partial charge in [0.2, 0.25) is 0 Å². The molecule has 0 aliphatic rings. The first kappa shape index (κ1) is 20.3. The van der Waals surface area contributed by atoms with Crippen molar-refractivity contribution in [1.82, 2.24) is 20.1 Å². The minimum atomic E-state index is -0.0515. The predicted octanol–water partition coefficient (Wildman–Crippen LogP) is 4.70. The molecule has 1 atom stereocenters. The van der Waals surface area contributed by atoms with Gasteiger partial charge in [0, 0.05) is 47.6 Å². The molecule has 160 valence electrons. The van der Waals surface area contributed by atoms with E-state index in [-0.39, 0.29) is 6.04 Å². The molecule has 4 heterocycles. The second-order valence-electron chi connectivity index (χ2n) is 7.61. The van der Waals surface area contributed by atoms with Crippen molar-refractivity contribution in [3.05, 3.63) is 77.6 Å². The molecule has 1 aromatic carbocycles. The van der Waals surface area contributed by atoms with Crippen LogP contribution in [0.3, 0.4) is 0 Å². The second-order valence-corrected chi connectivity index (χ2v) is 8.49. The van der Waals surface area contributed by atoms with Crippen molar-refractivity contribution in [2.45, 2.75) is 19.4 Å². The van der Waals surface area contributed by atoms with Gasteiger partial charge in [-0.15, -0.1) is 11.3 Å². The number of thiophene rings is 1. The number of aryl methyl sites for hydroxylation is 1. The number of fused-ring (bicyclic) bond motifs is 1. The number of benzene rings is 1. The Bertz CT molecular complexity index is 1330. The molecule has 8 heteroatoms. The van der Waals surface area contributed by atoms with E-state index in [2.05, 4.69) is 27.6 Å². The standard InChI is InChI=1S/C24H22N6OS/c1-15-11-20(30-31-15)19-14-32-22-21(19)28-23(17-7-9-26-10-8-17)29-24(22)27-13-18(25)12-16-5-3-2-4-6-16/h2-11,14,18H,12-13,25H2,1H3,(H,27,28,29). The summed E-state index contributed by atoms with van der Waals surface area (Å²) in [6.07, 6.45) is 4.26. The van der Waals surface area contributed by atoms with Crippen LogP contribution in [0.4, 0.5) is 5.82 Å². The van der Waals surface area contributed by atoms with Crippen LogP contribution in [-0.4, -0.2) is 32.7 Å². The molecule has 0 spiro atoms. The summed E-state index contributed by atoms with van der Waals surface area (Å²) in [7, 11) is 0. The zero-order valence-electron chi connectivity index (χ0n) is 17.5. The van der Waals surface area contributed by atoms with Crippen molar-refractivity contribution in [1.29, 1.82) is 0 Å². The van der Waals surface area contributed by atoms with Gasteiger partial charge in [0.15, 0.2) is 5.82 Å². The Kier molecular flexibility index (Phi) is 5.62. The van der Waals surface area contributed by atoms with Crippen LogP contribution < -0.4 is 11.1 Å². The summed E-state index contributed by atoms with van der Waals surface area (Å²) in [5.41, 5.74) is 11.1. The highest BCUT2D eigenvalue weighted by molar-refractivity contribution is 7.18. The molecule has 0 amide bonds. The minimum Gasteiger partial charge on any atom is -0.367 e. The van der Waals surface area contributed by atoms with E-state index in [1.807, 2.05) is 48.7 Å². The summed E-state index contributed by atoms with van der Waals surface area (Å²) < 4.78 is 6.25. The Hall–Kier alpha value is -3.62. The Morgan fingerprint density at radius 2 is 1.91 bits per heavy atom. The number of rotatable bonds is 7. The average molecular weight is 443 g/mol. The molecule has 0 radical (unpaired) electrons. The molecule has 32 heavy (non-hydrogen) atoms. The number of aromatic nitrogens is 4. The van der Waals surface area contributed by atoms with E-state index < -0.39 is 0 Å². The summed E-state index contributed by atoms with van der Waals surface area (Å²) in [5.74, 6) is 2.15. The molecule has 4 aromatic heterocycles. The van der Waals surface area contributed by atoms with E-state index in [0.717, 1.165) is 45.0 Å². The Labute approximate surface area is 189 Å². The quantitative estimate of drug-likeness (QED) is 0.377. The number of pyridine rings is 1. The van der Waals surface area contributed by atoms with Gasteiger partial charge in [-0.3, -0.25) is 4.98 Å². The molecule has 0 saturated heterocycles. The van der Waals surface area contributed by atoms with E-state index in [4.69, 9.17) is 20.2 Å². The molecule has 5 rings (SSSR count). The smallest absolute Gasteiger partial charge is 0.162 e. The maximum atomic E-state index is 6.41. The Morgan fingerprint density at radius 1 is 1.09 bits per heavy atom. The first-order chi connectivity index (χ1) is 15.7. The fraction of sp³-hybridized carbons (Fsp3) is 0.167. The van der Waals surface area contributed by atoms with Crippen molar-refractivity contribution in [3.8, 4) is 22.6 Å². The van der Waals surface area contributed by atoms with Gasteiger partial charge in [-0.05, 0) is 31.0 Å². The second kappa shape index (κ2) is 8.86. The lowest BCUT2D eigenvalue weighted by Crippen LogP contribution is -2.31. The summed E-state index contributed by atoms with van der Waals surface area (Å²) in [4.78, 5) is 13.8. The summed E-state index contributed by atoms with van der Waals surface area (Å²) >= 11 is 1.58. The molecule has 0 saturated carbocycles. The highest BCUT2D eigenvalue weighted by Gasteiger charge is 2.18. The monoisotopic (exact) mass is 442 g/mol. The third-order valence-corrected chi connectivity index (χ3v) is 6.11. The average Bonchev–Trinajstić information content (AvgIpc) is 3.44. The molecule has 0 bridgehead atoms. The zero-order valence-corrected chi connectivity index (χ0v) is 18.3. The largest absolute Gasteiger partial charge is 0.367 e. The van der Waals surface area contributed by atoms with Crippen molar-refractivity contribution in [2.75, 3.05) is 11.9 Å². The van der Waals surface area contributed by atoms with Crippen LogP contribution >= 0.6 is 11.3 Å². The van der Waals surface area contributed by atoms with Gasteiger partial charge >= 0.3 is 0 Å². The van der Waals surface area contributed by atoms with Crippen LogP contribution in [0.1, 0.15) is 11.3 Å². The van der Waals surface area contributed by atoms with Crippen molar-refractivity contribution in [2.24, 2.45) is 5.73 Å². The Balaban J connectivity index is 1.50. The van der Waals surface area contributed by atoms with E-state index in [1.54, 1.807) is 23.7 Å². The lowest BCUT2D eigenvalue weighted by atomic mass is 10.1. The summed E-state index contributed by atoms with van der Waals surface area (Å²) in [5, 5.41) is 9.69. The Morgan fingerprint density at radius 3 is 2.66 bits per heavy atom. The number of hydrogen-bond donors (Lipinski definition) is 2. The van der Waals surface area contributed by atoms with Crippen LogP contribution in [0.25, 0.3) is 32.9 Å². The van der Waals surface area contributed by atoms with Gasteiger partial charge in [-0.25, -0.2) is 9.97 Å². The molecule has 1 unspecified atom stereocenters. The van der Waals surface area contributed by atoms with Gasteiger partial charge in [-0.2, -0.15) is 0 Å². The van der Waals surface area contributed by atoms with E-state index in [1.165, 1.54) is 5.56 Å². The minimum absolute atomic E-state index is 0.0515.